The third kappa shape index (κ3) is 5.38. The summed E-state index contributed by atoms with van der Waals surface area (Å²) in [6, 6.07) is 11.4. The van der Waals surface area contributed by atoms with Crippen molar-refractivity contribution in [2.24, 2.45) is 0 Å². The van der Waals surface area contributed by atoms with Gasteiger partial charge < -0.3 is 9.47 Å². The highest BCUT2D eigenvalue weighted by Crippen LogP contribution is 2.16. The van der Waals surface area contributed by atoms with Gasteiger partial charge in [0.25, 0.3) is 11.8 Å². The van der Waals surface area contributed by atoms with Gasteiger partial charge in [-0.05, 0) is 36.4 Å². The van der Waals surface area contributed by atoms with Gasteiger partial charge in [-0.1, -0.05) is 12.1 Å². The quantitative estimate of drug-likeness (QED) is 0.736. The predicted octanol–water partition coefficient (Wildman–Crippen LogP) is 1.21. The topological polar surface area (TPSA) is 116 Å². The molecule has 0 aliphatic heterocycles. The lowest BCUT2D eigenvalue weighted by molar-refractivity contribution is -0.123. The Bertz CT molecular complexity index is 965. The number of imide groups is 1. The molecule has 0 aliphatic rings. The lowest BCUT2D eigenvalue weighted by atomic mass is 10.2. The molecular formula is C18H17NO7S. The van der Waals surface area contributed by atoms with Gasteiger partial charge >= 0.3 is 5.97 Å². The summed E-state index contributed by atoms with van der Waals surface area (Å²) in [7, 11) is -1.99. The molecule has 9 heteroatoms. The monoisotopic (exact) mass is 391 g/mol. The average Bonchev–Trinajstić information content (AvgIpc) is 2.65. The molecule has 0 saturated carbocycles. The summed E-state index contributed by atoms with van der Waals surface area (Å²) in [6.45, 7) is -0.673. The van der Waals surface area contributed by atoms with Crippen molar-refractivity contribution in [3.05, 3.63) is 59.7 Å². The smallest absolute Gasteiger partial charge is 0.338 e. The molecule has 1 N–H and O–H groups in total. The molecule has 27 heavy (non-hydrogen) atoms. The van der Waals surface area contributed by atoms with Crippen molar-refractivity contribution in [1.82, 2.24) is 5.32 Å². The van der Waals surface area contributed by atoms with Gasteiger partial charge in [-0.25, -0.2) is 13.2 Å². The predicted molar refractivity (Wildman–Crippen MR) is 95.3 cm³/mol. The van der Waals surface area contributed by atoms with E-state index in [2.05, 4.69) is 5.32 Å². The normalized spacial score (nSPS) is 10.7. The molecule has 0 heterocycles. The zero-order valence-corrected chi connectivity index (χ0v) is 15.4. The van der Waals surface area contributed by atoms with E-state index in [0.29, 0.717) is 5.75 Å². The zero-order chi connectivity index (χ0) is 20.0. The molecule has 0 saturated heterocycles. The van der Waals surface area contributed by atoms with Crippen LogP contribution in [0.3, 0.4) is 0 Å². The first-order valence-corrected chi connectivity index (χ1v) is 9.56. The van der Waals surface area contributed by atoms with Crippen LogP contribution in [0.2, 0.25) is 0 Å². The summed E-state index contributed by atoms with van der Waals surface area (Å²) >= 11 is 0. The minimum atomic E-state index is -3.38. The number of benzene rings is 2. The Morgan fingerprint density at radius 1 is 1.00 bits per heavy atom. The first kappa shape index (κ1) is 20.1. The molecule has 0 fully saturated rings. The third-order valence-corrected chi connectivity index (χ3v) is 4.59. The fourth-order valence-corrected chi connectivity index (χ4v) is 2.75. The fourth-order valence-electron chi connectivity index (χ4n) is 2.11. The van der Waals surface area contributed by atoms with Gasteiger partial charge in [0.15, 0.2) is 16.4 Å². The van der Waals surface area contributed by atoms with Crippen LogP contribution in [0.1, 0.15) is 20.7 Å². The summed E-state index contributed by atoms with van der Waals surface area (Å²) in [5, 5.41) is 2.09. The second-order valence-electron chi connectivity index (χ2n) is 5.45. The van der Waals surface area contributed by atoms with Crippen molar-refractivity contribution in [2.75, 3.05) is 20.0 Å². The Kier molecular flexibility index (Phi) is 6.30. The molecule has 142 valence electrons. The van der Waals surface area contributed by atoms with Crippen molar-refractivity contribution < 1.29 is 32.3 Å². The highest BCUT2D eigenvalue weighted by molar-refractivity contribution is 7.90. The van der Waals surface area contributed by atoms with Crippen LogP contribution in [-0.4, -0.2) is 46.2 Å². The van der Waals surface area contributed by atoms with E-state index in [-0.39, 0.29) is 16.0 Å². The van der Waals surface area contributed by atoms with Crippen molar-refractivity contribution in [3.63, 3.8) is 0 Å². The second kappa shape index (κ2) is 8.45. The maximum absolute atomic E-state index is 12.1. The third-order valence-electron chi connectivity index (χ3n) is 3.46. The largest absolute Gasteiger partial charge is 0.496 e. The summed E-state index contributed by atoms with van der Waals surface area (Å²) in [4.78, 5) is 35.9. The number of nitrogens with one attached hydrogen (secondary N) is 1. The Morgan fingerprint density at radius 2 is 1.63 bits per heavy atom. The van der Waals surface area contributed by atoms with Crippen LogP contribution in [0, 0.1) is 0 Å². The number of carbonyl (C=O) groups is 3. The van der Waals surface area contributed by atoms with Crippen molar-refractivity contribution >= 4 is 27.6 Å². The van der Waals surface area contributed by atoms with Gasteiger partial charge in [-0.2, -0.15) is 0 Å². The number of esters is 1. The molecule has 2 amide bonds. The number of sulfone groups is 1. The standard InChI is InChI=1S/C18H17NO7S/c1-25-15-6-4-3-5-14(15)17(21)19-16(20)11-26-18(22)12-7-9-13(10-8-12)27(2,23)24/h3-10H,11H2,1-2H3,(H,19,20,21). The molecular weight excluding hydrogens is 374 g/mol. The maximum Gasteiger partial charge on any atom is 0.338 e. The Labute approximate surface area is 156 Å². The molecule has 0 bridgehead atoms. The van der Waals surface area contributed by atoms with Crippen LogP contribution in [0.15, 0.2) is 53.4 Å². The SMILES string of the molecule is COc1ccccc1C(=O)NC(=O)COC(=O)c1ccc(S(C)(=O)=O)cc1. The Morgan fingerprint density at radius 3 is 2.22 bits per heavy atom. The first-order valence-electron chi connectivity index (χ1n) is 7.67. The van der Waals surface area contributed by atoms with Crippen molar-refractivity contribution in [3.8, 4) is 5.75 Å². The number of para-hydroxylation sites is 1. The van der Waals surface area contributed by atoms with Gasteiger partial charge in [0.05, 0.1) is 23.1 Å². The molecule has 0 aliphatic carbocycles. The lowest BCUT2D eigenvalue weighted by Gasteiger charge is -2.09. The number of hydrogen-bond donors (Lipinski definition) is 1. The number of methoxy groups -OCH3 is 1. The highest BCUT2D eigenvalue weighted by Gasteiger charge is 2.17. The second-order valence-corrected chi connectivity index (χ2v) is 7.47. The zero-order valence-electron chi connectivity index (χ0n) is 14.6. The van der Waals surface area contributed by atoms with E-state index in [4.69, 9.17) is 9.47 Å². The molecule has 0 spiro atoms. The molecule has 0 unspecified atom stereocenters. The lowest BCUT2D eigenvalue weighted by Crippen LogP contribution is -2.34. The minimum absolute atomic E-state index is 0.0548. The molecule has 0 radical (unpaired) electrons. The first-order chi connectivity index (χ1) is 12.7. The van der Waals surface area contributed by atoms with Crippen molar-refractivity contribution in [2.45, 2.75) is 4.90 Å². The summed E-state index contributed by atoms with van der Waals surface area (Å²) in [5.74, 6) is -2.03. The van der Waals surface area contributed by atoms with Crippen LogP contribution in [-0.2, 0) is 19.4 Å². The number of carbonyl (C=O) groups excluding carboxylic acids is 3. The molecule has 0 atom stereocenters. The number of ether oxygens (including phenoxy) is 2. The van der Waals surface area contributed by atoms with Gasteiger partial charge in [0, 0.05) is 6.26 Å². The molecule has 8 nitrogen and oxygen atoms in total. The number of rotatable bonds is 6. The van der Waals surface area contributed by atoms with E-state index >= 15 is 0 Å². The van der Waals surface area contributed by atoms with Crippen LogP contribution in [0.4, 0.5) is 0 Å². The van der Waals surface area contributed by atoms with Crippen molar-refractivity contribution in [1.29, 1.82) is 0 Å². The fraction of sp³-hybridized carbons (Fsp3) is 0.167. The Balaban J connectivity index is 1.93. The Hall–Kier alpha value is -3.20. The van der Waals surface area contributed by atoms with E-state index in [1.807, 2.05) is 0 Å². The maximum atomic E-state index is 12.1. The van der Waals surface area contributed by atoms with E-state index < -0.39 is 34.2 Å². The minimum Gasteiger partial charge on any atom is -0.496 e. The van der Waals surface area contributed by atoms with Gasteiger partial charge in [-0.3, -0.25) is 14.9 Å². The van der Waals surface area contributed by atoms with Crippen LogP contribution >= 0.6 is 0 Å². The average molecular weight is 391 g/mol. The van der Waals surface area contributed by atoms with Crippen LogP contribution in [0.25, 0.3) is 0 Å². The molecule has 2 aromatic rings. The van der Waals surface area contributed by atoms with E-state index in [1.165, 1.54) is 37.4 Å². The van der Waals surface area contributed by atoms with Crippen LogP contribution < -0.4 is 10.1 Å². The van der Waals surface area contributed by atoms with E-state index in [9.17, 15) is 22.8 Å². The van der Waals surface area contributed by atoms with Crippen LogP contribution in [0.5, 0.6) is 5.75 Å². The summed E-state index contributed by atoms with van der Waals surface area (Å²) in [6.07, 6.45) is 1.05. The summed E-state index contributed by atoms with van der Waals surface area (Å²) in [5.41, 5.74) is 0.238. The number of hydrogen-bond acceptors (Lipinski definition) is 7. The number of amides is 2. The molecule has 2 rings (SSSR count). The van der Waals surface area contributed by atoms with Gasteiger partial charge in [-0.15, -0.1) is 0 Å². The van der Waals surface area contributed by atoms with E-state index in [0.717, 1.165) is 6.26 Å². The van der Waals surface area contributed by atoms with E-state index in [1.54, 1.807) is 18.2 Å². The van der Waals surface area contributed by atoms with Gasteiger partial charge in [0.1, 0.15) is 5.75 Å². The molecule has 2 aromatic carbocycles. The highest BCUT2D eigenvalue weighted by atomic mass is 32.2. The summed E-state index contributed by atoms with van der Waals surface area (Å²) < 4.78 is 32.6. The molecule has 0 aromatic heterocycles. The van der Waals surface area contributed by atoms with Gasteiger partial charge in [0.2, 0.25) is 0 Å².